The lowest BCUT2D eigenvalue weighted by Gasteiger charge is -2.23. The number of carbonyl (C=O) groups is 1. The Hall–Kier alpha value is -4.01. The van der Waals surface area contributed by atoms with Crippen LogP contribution in [-0.4, -0.2) is 48.5 Å². The third-order valence-electron chi connectivity index (χ3n) is 6.31. The molecule has 5 rings (SSSR count). The first-order valence-electron chi connectivity index (χ1n) is 11.8. The maximum atomic E-state index is 11.6. The SMILES string of the molecule is Cc1ncc(C(CC(=O)O)n2ncc3cc(OCCc4ccc5c(n4)N[C@@H](C)CC5)ccc32)cn1. The molecule has 4 heterocycles. The molecule has 9 nitrogen and oxygen atoms in total. The number of ether oxygens (including phenoxy) is 1. The Labute approximate surface area is 203 Å². The number of aryl methyl sites for hydroxylation is 2. The largest absolute Gasteiger partial charge is 0.493 e. The average Bonchev–Trinajstić information content (AvgIpc) is 3.26. The smallest absolute Gasteiger partial charge is 0.305 e. The van der Waals surface area contributed by atoms with Crippen LogP contribution in [0, 0.1) is 6.92 Å². The van der Waals surface area contributed by atoms with Crippen molar-refractivity contribution in [3.63, 3.8) is 0 Å². The molecule has 9 heteroatoms. The van der Waals surface area contributed by atoms with Crippen LogP contribution in [0.4, 0.5) is 5.82 Å². The number of anilines is 1. The van der Waals surface area contributed by atoms with Gasteiger partial charge in [-0.25, -0.2) is 15.0 Å². The molecule has 0 fully saturated rings. The Morgan fingerprint density at radius 2 is 2.06 bits per heavy atom. The number of carboxylic acids is 1. The van der Waals surface area contributed by atoms with Crippen molar-refractivity contribution < 1.29 is 14.6 Å². The summed E-state index contributed by atoms with van der Waals surface area (Å²) < 4.78 is 7.72. The maximum Gasteiger partial charge on any atom is 0.305 e. The van der Waals surface area contributed by atoms with Gasteiger partial charge in [-0.05, 0) is 56.5 Å². The zero-order chi connectivity index (χ0) is 24.4. The third kappa shape index (κ3) is 5.08. The van der Waals surface area contributed by atoms with Crippen LogP contribution in [-0.2, 0) is 17.6 Å². The van der Waals surface area contributed by atoms with Crippen molar-refractivity contribution in [2.75, 3.05) is 11.9 Å². The molecule has 4 aromatic rings. The highest BCUT2D eigenvalue weighted by molar-refractivity contribution is 5.81. The van der Waals surface area contributed by atoms with E-state index in [1.165, 1.54) is 5.56 Å². The Morgan fingerprint density at radius 3 is 2.86 bits per heavy atom. The number of aliphatic carboxylic acids is 1. The van der Waals surface area contributed by atoms with Gasteiger partial charge in [-0.2, -0.15) is 5.10 Å². The molecular formula is C26H28N6O3. The summed E-state index contributed by atoms with van der Waals surface area (Å²) in [6.45, 7) is 4.47. The van der Waals surface area contributed by atoms with E-state index in [2.05, 4.69) is 39.4 Å². The lowest BCUT2D eigenvalue weighted by Crippen LogP contribution is -2.23. The number of fused-ring (bicyclic) bond motifs is 2. The Kier molecular flexibility index (Phi) is 6.31. The second-order valence-corrected chi connectivity index (χ2v) is 8.98. The van der Waals surface area contributed by atoms with Crippen LogP contribution in [0.1, 0.15) is 48.5 Å². The van der Waals surface area contributed by atoms with E-state index in [-0.39, 0.29) is 6.42 Å². The fourth-order valence-corrected chi connectivity index (χ4v) is 4.40. The van der Waals surface area contributed by atoms with Gasteiger partial charge in [0, 0.05) is 41.5 Å². The van der Waals surface area contributed by atoms with Crippen molar-refractivity contribution in [1.82, 2.24) is 24.7 Å². The summed E-state index contributed by atoms with van der Waals surface area (Å²) in [6, 6.07) is 9.88. The predicted molar refractivity (Wildman–Crippen MR) is 132 cm³/mol. The number of hydrogen-bond donors (Lipinski definition) is 2. The first-order valence-corrected chi connectivity index (χ1v) is 11.8. The predicted octanol–water partition coefficient (Wildman–Crippen LogP) is 3.96. The van der Waals surface area contributed by atoms with Gasteiger partial charge in [-0.1, -0.05) is 6.07 Å². The molecule has 0 radical (unpaired) electrons. The van der Waals surface area contributed by atoms with Crippen LogP contribution in [0.15, 0.2) is 48.9 Å². The minimum atomic E-state index is -0.917. The van der Waals surface area contributed by atoms with E-state index >= 15 is 0 Å². The molecule has 0 spiro atoms. The van der Waals surface area contributed by atoms with Gasteiger partial charge in [0.15, 0.2) is 0 Å². The molecule has 2 atom stereocenters. The third-order valence-corrected chi connectivity index (χ3v) is 6.31. The summed E-state index contributed by atoms with van der Waals surface area (Å²) in [5, 5.41) is 18.3. The van der Waals surface area contributed by atoms with E-state index in [0.29, 0.717) is 30.5 Å². The zero-order valence-corrected chi connectivity index (χ0v) is 19.8. The van der Waals surface area contributed by atoms with Crippen molar-refractivity contribution in [3.8, 4) is 5.75 Å². The Morgan fingerprint density at radius 1 is 1.23 bits per heavy atom. The van der Waals surface area contributed by atoms with Crippen LogP contribution in [0.3, 0.4) is 0 Å². The van der Waals surface area contributed by atoms with E-state index in [9.17, 15) is 9.90 Å². The molecule has 180 valence electrons. The van der Waals surface area contributed by atoms with E-state index in [1.54, 1.807) is 30.2 Å². The number of rotatable bonds is 8. The normalized spacial score (nSPS) is 15.9. The second kappa shape index (κ2) is 9.69. The van der Waals surface area contributed by atoms with Gasteiger partial charge in [0.2, 0.25) is 0 Å². The summed E-state index contributed by atoms with van der Waals surface area (Å²) in [6.07, 6.45) is 7.82. The van der Waals surface area contributed by atoms with E-state index in [1.807, 2.05) is 18.2 Å². The van der Waals surface area contributed by atoms with Crippen molar-refractivity contribution >= 4 is 22.7 Å². The quantitative estimate of drug-likeness (QED) is 0.396. The van der Waals surface area contributed by atoms with E-state index in [4.69, 9.17) is 9.72 Å². The molecule has 3 aromatic heterocycles. The molecule has 0 saturated carbocycles. The highest BCUT2D eigenvalue weighted by Crippen LogP contribution is 2.28. The monoisotopic (exact) mass is 472 g/mol. The summed E-state index contributed by atoms with van der Waals surface area (Å²) in [5.74, 6) is 1.44. The zero-order valence-electron chi connectivity index (χ0n) is 19.8. The molecule has 1 unspecified atom stereocenters. The van der Waals surface area contributed by atoms with Crippen molar-refractivity contribution in [1.29, 1.82) is 0 Å². The maximum absolute atomic E-state index is 11.6. The van der Waals surface area contributed by atoms with E-state index < -0.39 is 12.0 Å². The van der Waals surface area contributed by atoms with Gasteiger partial charge in [0.25, 0.3) is 0 Å². The summed E-state index contributed by atoms with van der Waals surface area (Å²) >= 11 is 0. The standard InChI is InChI=1S/C26H28N6O3/c1-16-3-4-18-5-6-21(31-26(18)30-16)9-10-35-22-7-8-23-19(11-22)15-29-32(23)24(12-25(33)34)20-13-27-17(2)28-14-20/h5-8,11,13-16,24H,3-4,9-10,12H2,1-2H3,(H,30,31)(H,33,34)/t16-,24?/m0/s1. The molecule has 0 bridgehead atoms. The number of aromatic nitrogens is 5. The highest BCUT2D eigenvalue weighted by Gasteiger charge is 2.21. The first kappa shape index (κ1) is 22.8. The molecule has 2 N–H and O–H groups in total. The lowest BCUT2D eigenvalue weighted by atomic mass is 10.0. The van der Waals surface area contributed by atoms with E-state index in [0.717, 1.165) is 41.0 Å². The van der Waals surface area contributed by atoms with Gasteiger partial charge >= 0.3 is 5.97 Å². The average molecular weight is 473 g/mol. The number of carboxylic acid groups (broad SMARTS) is 1. The second-order valence-electron chi connectivity index (χ2n) is 8.98. The molecular weight excluding hydrogens is 444 g/mol. The molecule has 1 aliphatic heterocycles. The van der Waals surface area contributed by atoms with Gasteiger partial charge in [0.1, 0.15) is 17.4 Å². The van der Waals surface area contributed by atoms with Crippen molar-refractivity contribution in [2.45, 2.75) is 51.6 Å². The topological polar surface area (TPSA) is 115 Å². The first-order chi connectivity index (χ1) is 17.0. The Bertz CT molecular complexity index is 1350. The fraction of sp³-hybridized carbons (Fsp3) is 0.346. The van der Waals surface area contributed by atoms with Crippen molar-refractivity contribution in [2.24, 2.45) is 0 Å². The minimum Gasteiger partial charge on any atom is -0.493 e. The molecule has 0 saturated heterocycles. The van der Waals surface area contributed by atoms with Crippen LogP contribution in [0.25, 0.3) is 10.9 Å². The van der Waals surface area contributed by atoms with Gasteiger partial charge < -0.3 is 15.2 Å². The van der Waals surface area contributed by atoms with Crippen molar-refractivity contribution in [3.05, 3.63) is 71.6 Å². The van der Waals surface area contributed by atoms with Crippen LogP contribution < -0.4 is 10.1 Å². The summed E-state index contributed by atoms with van der Waals surface area (Å²) in [4.78, 5) is 24.8. The molecule has 1 aromatic carbocycles. The summed E-state index contributed by atoms with van der Waals surface area (Å²) in [7, 11) is 0. The van der Waals surface area contributed by atoms with Gasteiger partial charge in [-0.3, -0.25) is 9.48 Å². The number of nitrogens with zero attached hydrogens (tertiary/aromatic N) is 5. The minimum absolute atomic E-state index is 0.122. The highest BCUT2D eigenvalue weighted by atomic mass is 16.5. The van der Waals surface area contributed by atoms with Crippen LogP contribution in [0.5, 0.6) is 5.75 Å². The number of benzene rings is 1. The van der Waals surface area contributed by atoms with Crippen LogP contribution >= 0.6 is 0 Å². The molecule has 1 aliphatic rings. The van der Waals surface area contributed by atoms with Gasteiger partial charge in [-0.15, -0.1) is 0 Å². The molecule has 0 amide bonds. The lowest BCUT2D eigenvalue weighted by molar-refractivity contribution is -0.137. The summed E-state index contributed by atoms with van der Waals surface area (Å²) in [5.41, 5.74) is 3.79. The fourth-order valence-electron chi connectivity index (χ4n) is 4.40. The number of pyridine rings is 1. The molecule has 0 aliphatic carbocycles. The van der Waals surface area contributed by atoms with Crippen LogP contribution in [0.2, 0.25) is 0 Å². The number of nitrogens with one attached hydrogen (secondary N) is 1. The Balaban J connectivity index is 1.29. The molecule has 35 heavy (non-hydrogen) atoms. The number of hydrogen-bond acceptors (Lipinski definition) is 7. The van der Waals surface area contributed by atoms with Gasteiger partial charge in [0.05, 0.1) is 30.8 Å².